The molecule has 1 aromatic carbocycles. The van der Waals surface area contributed by atoms with Crippen molar-refractivity contribution >= 4 is 11.9 Å². The number of amides is 1. The molecule has 2 saturated heterocycles. The minimum Gasteiger partial charge on any atom is -0.496 e. The zero-order valence-corrected chi connectivity index (χ0v) is 16.2. The Labute approximate surface area is 155 Å². The number of methoxy groups -OCH3 is 1. The van der Waals surface area contributed by atoms with Crippen molar-refractivity contribution in [3.05, 3.63) is 29.8 Å². The molecule has 0 aromatic heterocycles. The van der Waals surface area contributed by atoms with Gasteiger partial charge in [0.15, 0.2) is 5.78 Å². The maximum absolute atomic E-state index is 13.1. The SMILES string of the molecule is COc1ccccc1C(=O)C1CC2CCCC(C1)N2C(=O)OC(C)(C)C. The summed E-state index contributed by atoms with van der Waals surface area (Å²) in [5, 5.41) is 0. The second-order valence-corrected chi connectivity index (χ2v) is 8.36. The third-order valence-corrected chi connectivity index (χ3v) is 5.32. The van der Waals surface area contributed by atoms with Crippen LogP contribution in [0, 0.1) is 5.92 Å². The second kappa shape index (κ2) is 7.29. The monoisotopic (exact) mass is 359 g/mol. The molecule has 26 heavy (non-hydrogen) atoms. The Morgan fingerprint density at radius 3 is 2.27 bits per heavy atom. The number of piperidine rings is 2. The molecule has 1 amide bonds. The number of hydrogen-bond donors (Lipinski definition) is 0. The highest BCUT2D eigenvalue weighted by atomic mass is 16.6. The molecule has 0 N–H and O–H groups in total. The molecular weight excluding hydrogens is 330 g/mol. The van der Waals surface area contributed by atoms with Crippen LogP contribution in [0.4, 0.5) is 4.79 Å². The molecule has 2 aliphatic heterocycles. The number of rotatable bonds is 3. The molecule has 5 nitrogen and oxygen atoms in total. The van der Waals surface area contributed by atoms with Crippen LogP contribution < -0.4 is 4.74 Å². The molecule has 0 radical (unpaired) electrons. The van der Waals surface area contributed by atoms with Crippen molar-refractivity contribution in [3.63, 3.8) is 0 Å². The van der Waals surface area contributed by atoms with Crippen molar-refractivity contribution in [1.82, 2.24) is 4.90 Å². The Bertz CT molecular complexity index is 665. The number of ether oxygens (including phenoxy) is 2. The fraction of sp³-hybridized carbons (Fsp3) is 0.619. The van der Waals surface area contributed by atoms with Crippen molar-refractivity contribution in [3.8, 4) is 5.75 Å². The molecule has 2 bridgehead atoms. The van der Waals surface area contributed by atoms with Gasteiger partial charge in [-0.1, -0.05) is 12.1 Å². The van der Waals surface area contributed by atoms with Crippen LogP contribution in [0.25, 0.3) is 0 Å². The van der Waals surface area contributed by atoms with Gasteiger partial charge in [-0.25, -0.2) is 4.79 Å². The van der Waals surface area contributed by atoms with E-state index in [2.05, 4.69) is 0 Å². The summed E-state index contributed by atoms with van der Waals surface area (Å²) < 4.78 is 11.0. The topological polar surface area (TPSA) is 55.8 Å². The molecule has 2 fully saturated rings. The first-order chi connectivity index (χ1) is 12.3. The molecule has 2 aliphatic rings. The van der Waals surface area contributed by atoms with Crippen LogP contribution in [-0.2, 0) is 4.74 Å². The molecule has 2 atom stereocenters. The van der Waals surface area contributed by atoms with Crippen molar-refractivity contribution in [2.24, 2.45) is 5.92 Å². The number of carbonyl (C=O) groups excluding carboxylic acids is 2. The van der Waals surface area contributed by atoms with Crippen LogP contribution in [0.15, 0.2) is 24.3 Å². The average molecular weight is 359 g/mol. The normalized spacial score (nSPS) is 25.5. The van der Waals surface area contributed by atoms with E-state index in [4.69, 9.17) is 9.47 Å². The highest BCUT2D eigenvalue weighted by molar-refractivity contribution is 6.00. The molecule has 5 heteroatoms. The van der Waals surface area contributed by atoms with Gasteiger partial charge in [0.25, 0.3) is 0 Å². The third-order valence-electron chi connectivity index (χ3n) is 5.32. The Hall–Kier alpha value is -2.04. The van der Waals surface area contributed by atoms with E-state index in [9.17, 15) is 9.59 Å². The Balaban J connectivity index is 1.77. The number of nitrogens with zero attached hydrogens (tertiary/aromatic N) is 1. The molecule has 3 rings (SSSR count). The summed E-state index contributed by atoms with van der Waals surface area (Å²) in [4.78, 5) is 27.7. The van der Waals surface area contributed by atoms with Gasteiger partial charge in [0, 0.05) is 18.0 Å². The summed E-state index contributed by atoms with van der Waals surface area (Å²) >= 11 is 0. The van der Waals surface area contributed by atoms with Gasteiger partial charge in [0.1, 0.15) is 11.4 Å². The molecule has 0 aliphatic carbocycles. The van der Waals surface area contributed by atoms with Gasteiger partial charge in [-0.05, 0) is 65.0 Å². The van der Waals surface area contributed by atoms with Crippen LogP contribution >= 0.6 is 0 Å². The lowest BCUT2D eigenvalue weighted by molar-refractivity contribution is -0.0261. The number of para-hydroxylation sites is 1. The minimum absolute atomic E-state index is 0.0692. The van der Waals surface area contributed by atoms with Crippen molar-refractivity contribution in [2.75, 3.05) is 7.11 Å². The number of fused-ring (bicyclic) bond motifs is 2. The number of ketones is 1. The lowest BCUT2D eigenvalue weighted by Gasteiger charge is -2.48. The Morgan fingerprint density at radius 2 is 1.69 bits per heavy atom. The fourth-order valence-corrected chi connectivity index (χ4v) is 4.28. The predicted molar refractivity (Wildman–Crippen MR) is 99.5 cm³/mol. The first-order valence-electron chi connectivity index (χ1n) is 9.48. The predicted octanol–water partition coefficient (Wildman–Crippen LogP) is 4.45. The van der Waals surface area contributed by atoms with Crippen LogP contribution in [0.5, 0.6) is 5.75 Å². The van der Waals surface area contributed by atoms with Crippen molar-refractivity contribution < 1.29 is 19.1 Å². The van der Waals surface area contributed by atoms with Gasteiger partial charge in [-0.2, -0.15) is 0 Å². The van der Waals surface area contributed by atoms with Crippen LogP contribution in [0.1, 0.15) is 63.2 Å². The Morgan fingerprint density at radius 1 is 1.08 bits per heavy atom. The maximum atomic E-state index is 13.1. The third kappa shape index (κ3) is 3.87. The summed E-state index contributed by atoms with van der Waals surface area (Å²) in [5.41, 5.74) is 0.138. The summed E-state index contributed by atoms with van der Waals surface area (Å²) in [6, 6.07) is 7.56. The number of benzene rings is 1. The summed E-state index contributed by atoms with van der Waals surface area (Å²) in [5.74, 6) is 0.681. The molecule has 2 unspecified atom stereocenters. The van der Waals surface area contributed by atoms with E-state index in [-0.39, 0.29) is 29.9 Å². The minimum atomic E-state index is -0.505. The van der Waals surface area contributed by atoms with E-state index in [1.807, 2.05) is 49.9 Å². The molecule has 2 heterocycles. The van der Waals surface area contributed by atoms with Gasteiger partial charge in [-0.3, -0.25) is 4.79 Å². The van der Waals surface area contributed by atoms with Gasteiger partial charge in [0.05, 0.1) is 12.7 Å². The van der Waals surface area contributed by atoms with E-state index in [1.165, 1.54) is 0 Å². The highest BCUT2D eigenvalue weighted by Crippen LogP contribution is 2.39. The van der Waals surface area contributed by atoms with Gasteiger partial charge in [0.2, 0.25) is 0 Å². The molecule has 1 aromatic rings. The first-order valence-corrected chi connectivity index (χ1v) is 9.48. The summed E-state index contributed by atoms with van der Waals surface area (Å²) in [6.45, 7) is 5.66. The summed E-state index contributed by atoms with van der Waals surface area (Å²) in [6.07, 6.45) is 4.13. The van der Waals surface area contributed by atoms with E-state index in [1.54, 1.807) is 7.11 Å². The van der Waals surface area contributed by atoms with Crippen LogP contribution in [0.3, 0.4) is 0 Å². The highest BCUT2D eigenvalue weighted by Gasteiger charge is 2.44. The maximum Gasteiger partial charge on any atom is 0.410 e. The molecule has 0 spiro atoms. The summed E-state index contributed by atoms with van der Waals surface area (Å²) in [7, 11) is 1.59. The van der Waals surface area contributed by atoms with Crippen LogP contribution in [-0.4, -0.2) is 41.6 Å². The van der Waals surface area contributed by atoms with E-state index >= 15 is 0 Å². The quantitative estimate of drug-likeness (QED) is 0.749. The fourth-order valence-electron chi connectivity index (χ4n) is 4.28. The molecular formula is C21H29NO4. The Kier molecular flexibility index (Phi) is 5.26. The van der Waals surface area contributed by atoms with Gasteiger partial charge in [-0.15, -0.1) is 0 Å². The molecule has 0 saturated carbocycles. The number of hydrogen-bond acceptors (Lipinski definition) is 4. The standard InChI is InChI=1S/C21H29NO4/c1-21(2,3)26-20(24)22-15-8-7-9-16(22)13-14(12-15)19(23)17-10-5-6-11-18(17)25-4/h5-6,10-11,14-16H,7-9,12-13H2,1-4H3. The zero-order chi connectivity index (χ0) is 18.9. The number of Topliss-reactive ketones (excluding diaryl/α,β-unsaturated/α-hetero) is 1. The number of carbonyl (C=O) groups is 2. The van der Waals surface area contributed by atoms with Crippen molar-refractivity contribution in [2.45, 2.75) is 70.6 Å². The van der Waals surface area contributed by atoms with E-state index in [0.717, 1.165) is 19.3 Å². The van der Waals surface area contributed by atoms with Gasteiger partial charge < -0.3 is 14.4 Å². The van der Waals surface area contributed by atoms with E-state index in [0.29, 0.717) is 24.2 Å². The lowest BCUT2D eigenvalue weighted by Crippen LogP contribution is -2.56. The first kappa shape index (κ1) is 18.7. The zero-order valence-electron chi connectivity index (χ0n) is 16.2. The largest absolute Gasteiger partial charge is 0.496 e. The van der Waals surface area contributed by atoms with Crippen molar-refractivity contribution in [1.29, 1.82) is 0 Å². The van der Waals surface area contributed by atoms with E-state index < -0.39 is 5.60 Å². The lowest BCUT2D eigenvalue weighted by atomic mass is 9.75. The average Bonchev–Trinajstić information content (AvgIpc) is 2.58. The molecule has 142 valence electrons. The van der Waals surface area contributed by atoms with Gasteiger partial charge >= 0.3 is 6.09 Å². The van der Waals surface area contributed by atoms with Crippen LogP contribution in [0.2, 0.25) is 0 Å². The smallest absolute Gasteiger partial charge is 0.410 e. The second-order valence-electron chi connectivity index (χ2n) is 8.36.